The van der Waals surface area contributed by atoms with Crippen molar-refractivity contribution < 1.29 is 28.0 Å². The molecule has 0 bridgehead atoms. The molecule has 1 fully saturated rings. The second-order valence-electron chi connectivity index (χ2n) is 9.56. The minimum absolute atomic E-state index is 0.649. The molecule has 1 saturated heterocycles. The number of benzene rings is 2. The molecule has 204 valence electrons. The molecular weight excluding hydrogens is 488 g/mol. The molecule has 4 aromatic rings. The highest BCUT2D eigenvalue weighted by Crippen LogP contribution is 2.35. The molecule has 0 atom stereocenters. The smallest absolute Gasteiger partial charge is 0.171 e. The molecule has 10 heteroatoms. The van der Waals surface area contributed by atoms with Crippen LogP contribution in [0.4, 0.5) is 0 Å². The molecule has 10 nitrogen and oxygen atoms in total. The van der Waals surface area contributed by atoms with Crippen LogP contribution in [-0.4, -0.2) is 87.8 Å². The summed E-state index contributed by atoms with van der Waals surface area (Å²) in [5.74, 6) is 2.68. The molecule has 0 saturated carbocycles. The third kappa shape index (κ3) is 5.51. The molecule has 3 heterocycles. The normalized spacial score (nSPS) is 14.8. The number of hydrogen-bond donors (Lipinski definition) is 0. The number of fused-ring (bicyclic) bond motifs is 2. The summed E-state index contributed by atoms with van der Waals surface area (Å²) in [6, 6.07) is 7.58. The van der Waals surface area contributed by atoms with Crippen LogP contribution in [0.1, 0.15) is 24.2 Å². The number of rotatable bonds is 12. The van der Waals surface area contributed by atoms with E-state index in [1.54, 1.807) is 28.4 Å². The predicted molar refractivity (Wildman–Crippen MR) is 144 cm³/mol. The average molecular weight is 525 g/mol. The van der Waals surface area contributed by atoms with Crippen LogP contribution in [0, 0.1) is 0 Å². The molecule has 0 unspecified atom stereocenters. The molecule has 0 N–H and O–H groups in total. The fourth-order valence-corrected chi connectivity index (χ4v) is 5.17. The van der Waals surface area contributed by atoms with Crippen molar-refractivity contribution in [3.8, 4) is 23.0 Å². The van der Waals surface area contributed by atoms with Crippen molar-refractivity contribution in [3.63, 3.8) is 0 Å². The fraction of sp³-hybridized carbons (Fsp3) is 0.500. The molecule has 1 aliphatic rings. The van der Waals surface area contributed by atoms with Crippen molar-refractivity contribution in [1.29, 1.82) is 0 Å². The Morgan fingerprint density at radius 3 is 1.34 bits per heavy atom. The van der Waals surface area contributed by atoms with Gasteiger partial charge in [0.05, 0.1) is 39.8 Å². The quantitative estimate of drug-likeness (QED) is 0.268. The first-order valence-corrected chi connectivity index (χ1v) is 13.1. The molecule has 1 aliphatic heterocycles. The summed E-state index contributed by atoms with van der Waals surface area (Å²) in [5.41, 5.74) is 3.39. The van der Waals surface area contributed by atoms with Gasteiger partial charge in [0.2, 0.25) is 0 Å². The lowest BCUT2D eigenvalue weighted by molar-refractivity contribution is 0.130. The molecule has 0 aliphatic carbocycles. The monoisotopic (exact) mass is 524 g/mol. The van der Waals surface area contributed by atoms with Crippen molar-refractivity contribution >= 4 is 21.9 Å². The topological polar surface area (TPSA) is 95.5 Å². The Morgan fingerprint density at radius 1 is 0.605 bits per heavy atom. The van der Waals surface area contributed by atoms with Gasteiger partial charge in [-0.3, -0.25) is 0 Å². The molecule has 2 aromatic heterocycles. The van der Waals surface area contributed by atoms with Crippen LogP contribution < -0.4 is 18.9 Å². The molecule has 0 amide bonds. The predicted octanol–water partition coefficient (Wildman–Crippen LogP) is 4.19. The number of hydrogen-bond acceptors (Lipinski definition) is 10. The second-order valence-corrected chi connectivity index (χ2v) is 9.56. The van der Waals surface area contributed by atoms with Gasteiger partial charge in [-0.1, -0.05) is 10.3 Å². The van der Waals surface area contributed by atoms with Crippen LogP contribution >= 0.6 is 0 Å². The van der Waals surface area contributed by atoms with Gasteiger partial charge in [0.15, 0.2) is 34.2 Å². The van der Waals surface area contributed by atoms with E-state index >= 15 is 0 Å². The van der Waals surface area contributed by atoms with Gasteiger partial charge in [-0.15, -0.1) is 0 Å². The fourth-order valence-electron chi connectivity index (χ4n) is 5.17. The maximum absolute atomic E-state index is 5.53. The van der Waals surface area contributed by atoms with Gasteiger partial charge in [0.1, 0.15) is 0 Å². The van der Waals surface area contributed by atoms with Gasteiger partial charge >= 0.3 is 0 Å². The average Bonchev–Trinajstić information content (AvgIpc) is 3.55. The highest BCUT2D eigenvalue weighted by molar-refractivity contribution is 5.84. The van der Waals surface area contributed by atoms with E-state index in [1.807, 2.05) is 24.3 Å². The first kappa shape index (κ1) is 26.1. The number of piperazine rings is 1. The minimum Gasteiger partial charge on any atom is -0.493 e. The number of aryl methyl sites for hydroxylation is 2. The lowest BCUT2D eigenvalue weighted by atomic mass is 10.1. The zero-order valence-corrected chi connectivity index (χ0v) is 22.6. The van der Waals surface area contributed by atoms with E-state index in [9.17, 15) is 0 Å². The van der Waals surface area contributed by atoms with Crippen molar-refractivity contribution in [2.24, 2.45) is 0 Å². The molecule has 2 aromatic carbocycles. The maximum atomic E-state index is 5.53. The van der Waals surface area contributed by atoms with Gasteiger partial charge in [0.25, 0.3) is 0 Å². The Morgan fingerprint density at radius 2 is 0.974 bits per heavy atom. The first-order chi connectivity index (χ1) is 18.6. The Hall–Kier alpha value is -3.50. The van der Waals surface area contributed by atoms with E-state index in [4.69, 9.17) is 28.0 Å². The summed E-state index contributed by atoms with van der Waals surface area (Å²) in [4.78, 5) is 5.07. The number of ether oxygens (including phenoxy) is 4. The van der Waals surface area contributed by atoms with Crippen molar-refractivity contribution in [2.75, 3.05) is 67.7 Å². The van der Waals surface area contributed by atoms with E-state index in [1.165, 1.54) is 0 Å². The van der Waals surface area contributed by atoms with Crippen LogP contribution in [0.3, 0.4) is 0 Å². The molecular formula is C28H36N4O6. The zero-order valence-electron chi connectivity index (χ0n) is 22.6. The summed E-state index contributed by atoms with van der Waals surface area (Å²) in [7, 11) is 6.52. The minimum atomic E-state index is 0.649. The first-order valence-electron chi connectivity index (χ1n) is 13.1. The highest BCUT2D eigenvalue weighted by Gasteiger charge is 2.19. The van der Waals surface area contributed by atoms with Crippen LogP contribution in [0.15, 0.2) is 33.3 Å². The van der Waals surface area contributed by atoms with Crippen molar-refractivity contribution in [2.45, 2.75) is 25.7 Å². The summed E-state index contributed by atoms with van der Waals surface area (Å²) in [6.07, 6.45) is 3.79. The van der Waals surface area contributed by atoms with Crippen LogP contribution in [0.25, 0.3) is 21.9 Å². The third-order valence-electron chi connectivity index (χ3n) is 7.34. The van der Waals surface area contributed by atoms with E-state index < -0.39 is 0 Å². The highest BCUT2D eigenvalue weighted by atomic mass is 16.5. The van der Waals surface area contributed by atoms with Gasteiger partial charge in [-0.05, 0) is 50.9 Å². The molecule has 0 spiro atoms. The van der Waals surface area contributed by atoms with Crippen LogP contribution in [-0.2, 0) is 12.8 Å². The SMILES string of the molecule is COc1cc2onc(CCCN3CCN(CCCc4noc5cc(OC)c(OC)cc45)CC3)c2cc1OC. The zero-order chi connectivity index (χ0) is 26.5. The van der Waals surface area contributed by atoms with Gasteiger partial charge in [0, 0.05) is 49.1 Å². The molecule has 0 radical (unpaired) electrons. The number of methoxy groups -OCH3 is 4. The largest absolute Gasteiger partial charge is 0.493 e. The summed E-state index contributed by atoms with van der Waals surface area (Å²) in [5, 5.41) is 10.6. The molecule has 5 rings (SSSR count). The Bertz CT molecular complexity index is 1250. The number of aromatic nitrogens is 2. The second kappa shape index (κ2) is 11.9. The third-order valence-corrected chi connectivity index (χ3v) is 7.34. The number of nitrogens with zero attached hydrogens (tertiary/aromatic N) is 4. The van der Waals surface area contributed by atoms with Gasteiger partial charge < -0.3 is 37.8 Å². The van der Waals surface area contributed by atoms with E-state index in [-0.39, 0.29) is 0 Å². The van der Waals surface area contributed by atoms with E-state index in [2.05, 4.69) is 20.1 Å². The standard InChI is InChI=1S/C28H36N4O6/c1-33-25-15-19-21(29-37-23(19)17-27(25)35-3)7-5-9-31-11-13-32(14-12-31)10-6-8-22-20-16-26(34-2)28(36-4)18-24(20)38-30-22/h15-18H,5-14H2,1-4H3. The maximum Gasteiger partial charge on any atom is 0.171 e. The lowest BCUT2D eigenvalue weighted by Gasteiger charge is -2.34. The van der Waals surface area contributed by atoms with Crippen LogP contribution in [0.5, 0.6) is 23.0 Å². The van der Waals surface area contributed by atoms with Crippen LogP contribution in [0.2, 0.25) is 0 Å². The van der Waals surface area contributed by atoms with E-state index in [0.717, 1.165) is 98.3 Å². The molecule has 38 heavy (non-hydrogen) atoms. The summed E-state index contributed by atoms with van der Waals surface area (Å²) in [6.45, 7) is 6.41. The van der Waals surface area contributed by atoms with Gasteiger partial charge in [-0.25, -0.2) is 0 Å². The van der Waals surface area contributed by atoms with Crippen molar-refractivity contribution in [3.05, 3.63) is 35.7 Å². The Labute approximate surface area is 222 Å². The lowest BCUT2D eigenvalue weighted by Crippen LogP contribution is -2.46. The van der Waals surface area contributed by atoms with E-state index in [0.29, 0.717) is 23.0 Å². The Balaban J connectivity index is 1.06. The van der Waals surface area contributed by atoms with Gasteiger partial charge in [-0.2, -0.15) is 0 Å². The van der Waals surface area contributed by atoms with Crippen molar-refractivity contribution in [1.82, 2.24) is 20.1 Å². The summed E-state index contributed by atoms with van der Waals surface area (Å²) < 4.78 is 32.7. The Kier molecular flexibility index (Phi) is 8.19. The summed E-state index contributed by atoms with van der Waals surface area (Å²) >= 11 is 0.